The van der Waals surface area contributed by atoms with Crippen molar-refractivity contribution in [1.29, 1.82) is 0 Å². The van der Waals surface area contributed by atoms with Crippen molar-refractivity contribution < 1.29 is 0 Å². The van der Waals surface area contributed by atoms with Crippen LogP contribution in [-0.4, -0.2) is 0 Å². The van der Waals surface area contributed by atoms with E-state index in [0.717, 1.165) is 11.8 Å². The van der Waals surface area contributed by atoms with Crippen LogP contribution in [0, 0.1) is 11.8 Å². The quantitative estimate of drug-likeness (QED) is 0.132. The molecule has 1 aliphatic rings. The highest BCUT2D eigenvalue weighted by Gasteiger charge is 2.25. The van der Waals surface area contributed by atoms with Crippen molar-refractivity contribution in [2.45, 2.75) is 162 Å². The molecule has 0 aliphatic heterocycles. The van der Waals surface area contributed by atoms with Gasteiger partial charge in [-0.3, -0.25) is 0 Å². The van der Waals surface area contributed by atoms with Gasteiger partial charge in [0, 0.05) is 0 Å². The lowest BCUT2D eigenvalue weighted by molar-refractivity contribution is 0.323. The summed E-state index contributed by atoms with van der Waals surface area (Å²) in [6, 6.07) is 0. The topological polar surface area (TPSA) is 0 Å². The molecule has 184 valence electrons. The summed E-state index contributed by atoms with van der Waals surface area (Å²) in [4.78, 5) is 0. The van der Waals surface area contributed by atoms with Gasteiger partial charge >= 0.3 is 0 Å². The van der Waals surface area contributed by atoms with E-state index in [9.17, 15) is 0 Å². The first kappa shape index (κ1) is 30.5. The van der Waals surface area contributed by atoms with Gasteiger partial charge in [0.15, 0.2) is 0 Å². The highest BCUT2D eigenvalue weighted by molar-refractivity contribution is 4.81. The van der Waals surface area contributed by atoms with Gasteiger partial charge in [-0.15, -0.1) is 6.58 Å². The SMILES string of the molecule is C=CCCCC.CCCCC/C=C/CCCCC[C@H]1CCC[C@@H]1CCCCCCCC. The van der Waals surface area contributed by atoms with Crippen molar-refractivity contribution in [1.82, 2.24) is 0 Å². The number of hydrogen-bond donors (Lipinski definition) is 0. The molecule has 2 atom stereocenters. The average Bonchev–Trinajstić information content (AvgIpc) is 3.23. The number of rotatable bonds is 20. The Kier molecular flexibility index (Phi) is 25.3. The largest absolute Gasteiger partial charge is 0.103 e. The van der Waals surface area contributed by atoms with Crippen LogP contribution in [-0.2, 0) is 0 Å². The number of unbranched alkanes of at least 4 members (excludes halogenated alkanes) is 13. The van der Waals surface area contributed by atoms with Crippen LogP contribution in [0.25, 0.3) is 0 Å². The van der Waals surface area contributed by atoms with Crippen molar-refractivity contribution in [2.75, 3.05) is 0 Å². The van der Waals surface area contributed by atoms with Gasteiger partial charge in [-0.25, -0.2) is 0 Å². The van der Waals surface area contributed by atoms with E-state index in [-0.39, 0.29) is 0 Å². The molecule has 31 heavy (non-hydrogen) atoms. The summed E-state index contributed by atoms with van der Waals surface area (Å²) in [6.45, 7) is 10.4. The van der Waals surface area contributed by atoms with Crippen molar-refractivity contribution in [2.24, 2.45) is 11.8 Å². The van der Waals surface area contributed by atoms with E-state index in [1.165, 1.54) is 135 Å². The molecule has 0 heteroatoms. The van der Waals surface area contributed by atoms with E-state index < -0.39 is 0 Å². The lowest BCUT2D eigenvalue weighted by Gasteiger charge is -2.19. The van der Waals surface area contributed by atoms with E-state index in [1.54, 1.807) is 6.42 Å². The molecule has 0 heterocycles. The molecule has 0 nitrogen and oxygen atoms in total. The van der Waals surface area contributed by atoms with E-state index in [4.69, 9.17) is 0 Å². The van der Waals surface area contributed by atoms with E-state index in [0.29, 0.717) is 0 Å². The zero-order chi connectivity index (χ0) is 22.8. The van der Waals surface area contributed by atoms with Crippen LogP contribution in [0.4, 0.5) is 0 Å². The second-order valence-electron chi connectivity index (χ2n) is 10.0. The molecule has 0 saturated heterocycles. The molecule has 0 unspecified atom stereocenters. The fraction of sp³-hybridized carbons (Fsp3) is 0.871. The molecule has 1 fully saturated rings. The Morgan fingerprint density at radius 1 is 0.548 bits per heavy atom. The fourth-order valence-corrected chi connectivity index (χ4v) is 5.00. The second-order valence-corrected chi connectivity index (χ2v) is 10.0. The van der Waals surface area contributed by atoms with E-state index in [1.807, 2.05) is 6.08 Å². The molecule has 1 aliphatic carbocycles. The third-order valence-corrected chi connectivity index (χ3v) is 7.09. The molecule has 1 saturated carbocycles. The molecule has 0 aromatic carbocycles. The summed E-state index contributed by atoms with van der Waals surface area (Å²) < 4.78 is 0. The molecule has 0 aromatic heterocycles. The highest BCUT2D eigenvalue weighted by Crippen LogP contribution is 2.38. The summed E-state index contributed by atoms with van der Waals surface area (Å²) in [5.74, 6) is 2.17. The van der Waals surface area contributed by atoms with Crippen LogP contribution in [0.5, 0.6) is 0 Å². The normalized spacial score (nSPS) is 18.3. The lowest BCUT2D eigenvalue weighted by Crippen LogP contribution is -2.08. The minimum absolute atomic E-state index is 1.08. The van der Waals surface area contributed by atoms with Crippen molar-refractivity contribution in [3.63, 3.8) is 0 Å². The zero-order valence-electron chi connectivity index (χ0n) is 22.2. The van der Waals surface area contributed by atoms with Crippen molar-refractivity contribution in [3.8, 4) is 0 Å². The first-order valence-corrected chi connectivity index (χ1v) is 14.6. The predicted octanol–water partition coefficient (Wildman–Crippen LogP) is 11.6. The van der Waals surface area contributed by atoms with Crippen LogP contribution >= 0.6 is 0 Å². The molecule has 0 aromatic rings. The summed E-state index contributed by atoms with van der Waals surface area (Å²) in [5, 5.41) is 0. The minimum atomic E-state index is 1.08. The van der Waals surface area contributed by atoms with Crippen LogP contribution < -0.4 is 0 Å². The molecule has 0 radical (unpaired) electrons. The van der Waals surface area contributed by atoms with E-state index >= 15 is 0 Å². The van der Waals surface area contributed by atoms with Crippen LogP contribution in [0.15, 0.2) is 24.8 Å². The van der Waals surface area contributed by atoms with Gasteiger partial charge < -0.3 is 0 Å². The molecular formula is C31H60. The van der Waals surface area contributed by atoms with E-state index in [2.05, 4.69) is 39.5 Å². The minimum Gasteiger partial charge on any atom is -0.103 e. The maximum atomic E-state index is 3.60. The van der Waals surface area contributed by atoms with Gasteiger partial charge in [0.25, 0.3) is 0 Å². The summed E-state index contributed by atoms with van der Waals surface area (Å²) in [5.41, 5.74) is 0. The zero-order valence-corrected chi connectivity index (χ0v) is 22.2. The Morgan fingerprint density at radius 3 is 1.52 bits per heavy atom. The Hall–Kier alpha value is -0.520. The monoisotopic (exact) mass is 432 g/mol. The molecule has 0 spiro atoms. The average molecular weight is 433 g/mol. The van der Waals surface area contributed by atoms with Crippen LogP contribution in [0.3, 0.4) is 0 Å². The van der Waals surface area contributed by atoms with Gasteiger partial charge in [-0.1, -0.05) is 148 Å². The van der Waals surface area contributed by atoms with Gasteiger partial charge in [-0.05, 0) is 43.9 Å². The summed E-state index contributed by atoms with van der Waals surface area (Å²) in [7, 11) is 0. The summed E-state index contributed by atoms with van der Waals surface area (Å²) >= 11 is 0. The molecule has 0 N–H and O–H groups in total. The lowest BCUT2D eigenvalue weighted by atomic mass is 9.87. The fourth-order valence-electron chi connectivity index (χ4n) is 5.00. The van der Waals surface area contributed by atoms with Gasteiger partial charge in [0.05, 0.1) is 0 Å². The molecular weight excluding hydrogens is 372 g/mol. The van der Waals surface area contributed by atoms with Crippen molar-refractivity contribution >= 4 is 0 Å². The highest BCUT2D eigenvalue weighted by atomic mass is 14.3. The summed E-state index contributed by atoms with van der Waals surface area (Å²) in [6.07, 6.45) is 38.1. The second kappa shape index (κ2) is 25.7. The Morgan fingerprint density at radius 2 is 1.00 bits per heavy atom. The van der Waals surface area contributed by atoms with Gasteiger partial charge in [-0.2, -0.15) is 0 Å². The maximum Gasteiger partial charge on any atom is -0.0351 e. The van der Waals surface area contributed by atoms with Crippen LogP contribution in [0.1, 0.15) is 162 Å². The Balaban J connectivity index is 0.00000131. The number of hydrogen-bond acceptors (Lipinski definition) is 0. The third kappa shape index (κ3) is 21.1. The third-order valence-electron chi connectivity index (χ3n) is 7.09. The first-order chi connectivity index (χ1) is 15.3. The van der Waals surface area contributed by atoms with Crippen molar-refractivity contribution in [3.05, 3.63) is 24.8 Å². The van der Waals surface area contributed by atoms with Gasteiger partial charge in [0.2, 0.25) is 0 Å². The predicted molar refractivity (Wildman–Crippen MR) is 145 cm³/mol. The maximum absolute atomic E-state index is 3.60. The first-order valence-electron chi connectivity index (χ1n) is 14.6. The standard InChI is InChI=1S/C25H48.C6H12/c1-3-5-7-9-11-12-13-14-16-18-21-25-23-19-22-24(25)20-17-15-10-8-6-4-2;1-3-5-6-4-2/h11-12,24-25H,3-10,13-23H2,1-2H3;3H,1,4-6H2,2H3/b12-11+;/t24-,25-;/m0./s1. The Bertz CT molecular complexity index is 366. The Labute approximate surface area is 198 Å². The smallest absolute Gasteiger partial charge is 0.0351 e. The molecule has 0 bridgehead atoms. The molecule has 1 rings (SSSR count). The van der Waals surface area contributed by atoms with Crippen LogP contribution in [0.2, 0.25) is 0 Å². The number of allylic oxidation sites excluding steroid dienone is 3. The van der Waals surface area contributed by atoms with Gasteiger partial charge in [0.1, 0.15) is 0 Å². The molecule has 0 amide bonds.